The molecule has 0 aromatic rings. The van der Waals surface area contributed by atoms with Gasteiger partial charge in [0.2, 0.25) is 29.5 Å². The molecule has 5 unspecified atom stereocenters. The van der Waals surface area contributed by atoms with Crippen LogP contribution >= 0.6 is 0 Å². The highest BCUT2D eigenvalue weighted by Crippen LogP contribution is 2.30. The van der Waals surface area contributed by atoms with E-state index >= 15 is 0 Å². The number of likely N-dealkylation sites (tertiary alicyclic amines) is 1. The maximum Gasteiger partial charge on any atom is 0.246 e. The van der Waals surface area contributed by atoms with Gasteiger partial charge in [0.25, 0.3) is 0 Å². The van der Waals surface area contributed by atoms with Gasteiger partial charge >= 0.3 is 0 Å². The average molecular weight is 467 g/mol. The molecule has 1 aliphatic carbocycles. The van der Waals surface area contributed by atoms with Gasteiger partial charge in [0.1, 0.15) is 12.1 Å². The summed E-state index contributed by atoms with van der Waals surface area (Å²) in [5, 5.41) is 8.41. The second-order valence-electron chi connectivity index (χ2n) is 10.2. The molecule has 33 heavy (non-hydrogen) atoms. The van der Waals surface area contributed by atoms with Gasteiger partial charge in [-0.3, -0.25) is 24.0 Å². The lowest BCUT2D eigenvalue weighted by Crippen LogP contribution is -2.58. The quantitative estimate of drug-likeness (QED) is 0.294. The molecule has 1 heterocycles. The summed E-state index contributed by atoms with van der Waals surface area (Å²) < 4.78 is 0. The Bertz CT molecular complexity index is 780. The Hall–Kier alpha value is -2.69. The number of carbonyl (C=O) groups is 5. The van der Waals surface area contributed by atoms with Crippen LogP contribution in [0.5, 0.6) is 0 Å². The second kappa shape index (κ2) is 11.0. The zero-order valence-electron chi connectivity index (χ0n) is 20.0. The van der Waals surface area contributed by atoms with Crippen LogP contribution in [0.1, 0.15) is 52.9 Å². The van der Waals surface area contributed by atoms with Crippen LogP contribution in [0.15, 0.2) is 0 Å². The van der Waals surface area contributed by atoms with E-state index in [4.69, 9.17) is 11.5 Å². The molecule has 0 spiro atoms. The summed E-state index contributed by atoms with van der Waals surface area (Å²) in [6.45, 7) is 5.62. The standard InChI is InChI=1S/C22H38N6O5/c1-22(2,3)17(27-16(29)10-25-4)21(33)28-11-14(9-15(28)19(24)31)26-20(32)13-7-5-6-12(8-13)18(23)30/h12-15,17,25H,5-11H2,1-4H3,(H2,23,30)(H2,24,31)(H,26,32)(H,27,29). The number of nitrogens with one attached hydrogen (secondary N) is 3. The molecule has 11 heteroatoms. The molecular weight excluding hydrogens is 428 g/mol. The molecule has 2 rings (SSSR count). The number of nitrogens with two attached hydrogens (primary N) is 2. The largest absolute Gasteiger partial charge is 0.369 e. The maximum absolute atomic E-state index is 13.4. The maximum atomic E-state index is 13.4. The third kappa shape index (κ3) is 6.89. The van der Waals surface area contributed by atoms with Crippen molar-refractivity contribution in [2.75, 3.05) is 20.1 Å². The third-order valence-electron chi connectivity index (χ3n) is 6.46. The summed E-state index contributed by atoms with van der Waals surface area (Å²) >= 11 is 0. The van der Waals surface area contributed by atoms with Crippen molar-refractivity contribution in [1.29, 1.82) is 0 Å². The van der Waals surface area contributed by atoms with Crippen LogP contribution in [0, 0.1) is 17.3 Å². The molecule has 1 saturated carbocycles. The van der Waals surface area contributed by atoms with Crippen LogP contribution in [-0.4, -0.2) is 72.7 Å². The van der Waals surface area contributed by atoms with E-state index in [1.807, 2.05) is 20.8 Å². The Morgan fingerprint density at radius 2 is 1.64 bits per heavy atom. The zero-order valence-corrected chi connectivity index (χ0v) is 20.0. The smallest absolute Gasteiger partial charge is 0.246 e. The molecule has 1 aliphatic heterocycles. The molecule has 7 N–H and O–H groups in total. The van der Waals surface area contributed by atoms with Crippen LogP contribution in [0.25, 0.3) is 0 Å². The van der Waals surface area contributed by atoms with Crippen molar-refractivity contribution >= 4 is 29.5 Å². The number of carbonyl (C=O) groups excluding carboxylic acids is 5. The fraction of sp³-hybridized carbons (Fsp3) is 0.773. The minimum atomic E-state index is -0.890. The summed E-state index contributed by atoms with van der Waals surface area (Å²) in [5.41, 5.74) is 10.4. The van der Waals surface area contributed by atoms with Crippen molar-refractivity contribution in [3.8, 4) is 0 Å². The van der Waals surface area contributed by atoms with Gasteiger partial charge in [-0.2, -0.15) is 0 Å². The zero-order chi connectivity index (χ0) is 24.9. The summed E-state index contributed by atoms with van der Waals surface area (Å²) in [5.74, 6) is -2.68. The molecule has 186 valence electrons. The fourth-order valence-corrected chi connectivity index (χ4v) is 4.65. The second-order valence-corrected chi connectivity index (χ2v) is 10.2. The first-order chi connectivity index (χ1) is 15.3. The summed E-state index contributed by atoms with van der Waals surface area (Å²) in [6, 6.07) is -2.22. The lowest BCUT2D eigenvalue weighted by molar-refractivity contribution is -0.143. The molecule has 2 aliphatic rings. The Kier molecular flexibility index (Phi) is 8.82. The monoisotopic (exact) mass is 466 g/mol. The van der Waals surface area contributed by atoms with Crippen LogP contribution in [0.3, 0.4) is 0 Å². The van der Waals surface area contributed by atoms with Gasteiger partial charge in [0.15, 0.2) is 0 Å². The number of likely N-dealkylation sites (N-methyl/N-ethyl adjacent to an activating group) is 1. The van der Waals surface area contributed by atoms with Gasteiger partial charge in [-0.25, -0.2) is 0 Å². The Labute approximate surface area is 194 Å². The van der Waals surface area contributed by atoms with Crippen LogP contribution in [-0.2, 0) is 24.0 Å². The molecule has 0 bridgehead atoms. The molecule has 0 aromatic heterocycles. The first kappa shape index (κ1) is 26.6. The minimum absolute atomic E-state index is 0.0471. The average Bonchev–Trinajstić information content (AvgIpc) is 3.15. The van der Waals surface area contributed by atoms with Crippen molar-refractivity contribution < 1.29 is 24.0 Å². The molecule has 5 amide bonds. The van der Waals surface area contributed by atoms with Crippen molar-refractivity contribution in [3.63, 3.8) is 0 Å². The van der Waals surface area contributed by atoms with Gasteiger partial charge in [0, 0.05) is 24.4 Å². The van der Waals surface area contributed by atoms with Gasteiger partial charge < -0.3 is 32.3 Å². The predicted molar refractivity (Wildman–Crippen MR) is 121 cm³/mol. The summed E-state index contributed by atoms with van der Waals surface area (Å²) in [7, 11) is 1.63. The van der Waals surface area contributed by atoms with Gasteiger partial charge in [0.05, 0.1) is 6.54 Å². The highest BCUT2D eigenvalue weighted by molar-refractivity contribution is 5.93. The summed E-state index contributed by atoms with van der Waals surface area (Å²) in [4.78, 5) is 63.4. The Morgan fingerprint density at radius 3 is 2.18 bits per heavy atom. The van der Waals surface area contributed by atoms with Crippen molar-refractivity contribution in [3.05, 3.63) is 0 Å². The van der Waals surface area contributed by atoms with Crippen LogP contribution < -0.4 is 27.4 Å². The van der Waals surface area contributed by atoms with E-state index in [1.165, 1.54) is 4.90 Å². The molecule has 0 radical (unpaired) electrons. The summed E-state index contributed by atoms with van der Waals surface area (Å²) in [6.07, 6.45) is 2.68. The number of hydrogen-bond acceptors (Lipinski definition) is 6. The van der Waals surface area contributed by atoms with Crippen LogP contribution in [0.2, 0.25) is 0 Å². The first-order valence-corrected chi connectivity index (χ1v) is 11.5. The van der Waals surface area contributed by atoms with Gasteiger partial charge in [-0.15, -0.1) is 0 Å². The molecule has 11 nitrogen and oxygen atoms in total. The van der Waals surface area contributed by atoms with E-state index in [1.54, 1.807) is 7.05 Å². The van der Waals surface area contributed by atoms with Gasteiger partial charge in [-0.05, 0) is 38.1 Å². The number of primary amides is 2. The Balaban J connectivity index is 2.12. The van der Waals surface area contributed by atoms with Crippen molar-refractivity contribution in [1.82, 2.24) is 20.9 Å². The minimum Gasteiger partial charge on any atom is -0.369 e. The predicted octanol–water partition coefficient (Wildman–Crippen LogP) is -1.40. The van der Waals surface area contributed by atoms with E-state index in [0.29, 0.717) is 19.3 Å². The SMILES string of the molecule is CNCC(=O)NC(C(=O)N1CC(NC(=O)C2CCCC(C(N)=O)C2)CC1C(N)=O)C(C)(C)C. The molecular formula is C22H38N6O5. The highest BCUT2D eigenvalue weighted by Gasteiger charge is 2.45. The number of amides is 5. The number of rotatable bonds is 8. The lowest BCUT2D eigenvalue weighted by atomic mass is 9.80. The van der Waals surface area contributed by atoms with Gasteiger partial charge in [-0.1, -0.05) is 27.2 Å². The molecule has 1 saturated heterocycles. The third-order valence-corrected chi connectivity index (χ3v) is 6.46. The molecule has 5 atom stereocenters. The van der Waals surface area contributed by atoms with E-state index < -0.39 is 41.3 Å². The van der Waals surface area contributed by atoms with E-state index in [-0.39, 0.29) is 43.2 Å². The van der Waals surface area contributed by atoms with E-state index in [2.05, 4.69) is 16.0 Å². The normalized spacial score (nSPS) is 26.4. The number of hydrogen-bond donors (Lipinski definition) is 5. The van der Waals surface area contributed by atoms with Crippen LogP contribution in [0.4, 0.5) is 0 Å². The van der Waals surface area contributed by atoms with E-state index in [9.17, 15) is 24.0 Å². The molecule has 0 aromatic carbocycles. The fourth-order valence-electron chi connectivity index (χ4n) is 4.65. The first-order valence-electron chi connectivity index (χ1n) is 11.5. The Morgan fingerprint density at radius 1 is 1.00 bits per heavy atom. The molecule has 2 fully saturated rings. The van der Waals surface area contributed by atoms with Crippen molar-refractivity contribution in [2.24, 2.45) is 28.7 Å². The number of nitrogens with zero attached hydrogens (tertiary/aromatic N) is 1. The van der Waals surface area contributed by atoms with E-state index in [0.717, 1.165) is 6.42 Å². The lowest BCUT2D eigenvalue weighted by Gasteiger charge is -2.35. The van der Waals surface area contributed by atoms with Crippen molar-refractivity contribution in [2.45, 2.75) is 71.0 Å². The highest BCUT2D eigenvalue weighted by atomic mass is 16.2. The topological polar surface area (TPSA) is 177 Å².